The van der Waals surface area contributed by atoms with Crippen molar-refractivity contribution in [3.63, 3.8) is 0 Å². The van der Waals surface area contributed by atoms with Crippen LogP contribution in [0.4, 0.5) is 5.13 Å². The predicted molar refractivity (Wildman–Crippen MR) is 81.4 cm³/mol. The number of aromatic nitrogens is 1. The van der Waals surface area contributed by atoms with Gasteiger partial charge in [-0.05, 0) is 18.4 Å². The van der Waals surface area contributed by atoms with Crippen LogP contribution in [0.25, 0.3) is 0 Å². The van der Waals surface area contributed by atoms with Gasteiger partial charge in [-0.3, -0.25) is 9.59 Å². The molecule has 21 heavy (non-hydrogen) atoms. The van der Waals surface area contributed by atoms with E-state index in [1.54, 1.807) is 5.38 Å². The minimum absolute atomic E-state index is 0.135. The summed E-state index contributed by atoms with van der Waals surface area (Å²) in [6, 6.07) is 9.80. The molecule has 2 N–H and O–H groups in total. The molecule has 0 saturated heterocycles. The number of carbonyl (C=O) groups excluding carboxylic acids is 2. The van der Waals surface area contributed by atoms with Crippen LogP contribution in [0.15, 0.2) is 35.7 Å². The first-order chi connectivity index (χ1) is 10.2. The summed E-state index contributed by atoms with van der Waals surface area (Å²) in [5.74, 6) is -0.304. The Balaban J connectivity index is 1.56. The number of nitrogens with zero attached hydrogens (tertiary/aromatic N) is 1. The monoisotopic (exact) mass is 301 g/mol. The van der Waals surface area contributed by atoms with Gasteiger partial charge in [0.15, 0.2) is 5.13 Å². The molecule has 1 saturated carbocycles. The second kappa shape index (κ2) is 6.05. The van der Waals surface area contributed by atoms with Crippen LogP contribution in [0.5, 0.6) is 0 Å². The third-order valence-corrected chi connectivity index (χ3v) is 3.86. The molecule has 0 radical (unpaired) electrons. The largest absolute Gasteiger partial charge is 0.348 e. The Morgan fingerprint density at radius 1 is 1.24 bits per heavy atom. The predicted octanol–water partition coefficient (Wildman–Crippen LogP) is 2.22. The van der Waals surface area contributed by atoms with E-state index < -0.39 is 0 Å². The SMILES string of the molecule is O=C(Cc1ccccc1)Nc1nc(C(=O)NC2CC2)cs1. The summed E-state index contributed by atoms with van der Waals surface area (Å²) < 4.78 is 0. The van der Waals surface area contributed by atoms with Crippen LogP contribution in [0.2, 0.25) is 0 Å². The summed E-state index contributed by atoms with van der Waals surface area (Å²) in [7, 11) is 0. The molecule has 2 aromatic rings. The second-order valence-corrected chi connectivity index (χ2v) is 5.85. The van der Waals surface area contributed by atoms with Gasteiger partial charge in [-0.15, -0.1) is 11.3 Å². The number of rotatable bonds is 5. The molecule has 1 aliphatic rings. The van der Waals surface area contributed by atoms with E-state index in [9.17, 15) is 9.59 Å². The van der Waals surface area contributed by atoms with E-state index in [0.717, 1.165) is 18.4 Å². The van der Waals surface area contributed by atoms with E-state index in [1.807, 2.05) is 30.3 Å². The molecular formula is C15H15N3O2S. The molecule has 1 fully saturated rings. The lowest BCUT2D eigenvalue weighted by atomic mass is 10.1. The second-order valence-electron chi connectivity index (χ2n) is 5.00. The normalized spacial score (nSPS) is 13.7. The van der Waals surface area contributed by atoms with Crippen molar-refractivity contribution in [3.8, 4) is 0 Å². The molecule has 1 aromatic heterocycles. The Morgan fingerprint density at radius 2 is 2.00 bits per heavy atom. The lowest BCUT2D eigenvalue weighted by molar-refractivity contribution is -0.115. The molecule has 5 nitrogen and oxygen atoms in total. The first-order valence-corrected chi connectivity index (χ1v) is 7.69. The van der Waals surface area contributed by atoms with E-state index in [2.05, 4.69) is 15.6 Å². The van der Waals surface area contributed by atoms with Crippen molar-refractivity contribution in [2.24, 2.45) is 0 Å². The van der Waals surface area contributed by atoms with Crippen LogP contribution in [0, 0.1) is 0 Å². The minimum Gasteiger partial charge on any atom is -0.348 e. The number of hydrogen-bond donors (Lipinski definition) is 2. The molecule has 2 amide bonds. The van der Waals surface area contributed by atoms with Gasteiger partial charge in [0.25, 0.3) is 5.91 Å². The molecule has 0 spiro atoms. The number of anilines is 1. The van der Waals surface area contributed by atoms with E-state index in [-0.39, 0.29) is 11.8 Å². The Bertz CT molecular complexity index is 650. The zero-order chi connectivity index (χ0) is 14.7. The van der Waals surface area contributed by atoms with Gasteiger partial charge in [-0.1, -0.05) is 30.3 Å². The number of nitrogens with one attached hydrogen (secondary N) is 2. The highest BCUT2D eigenvalue weighted by atomic mass is 32.1. The Kier molecular flexibility index (Phi) is 3.96. The highest BCUT2D eigenvalue weighted by molar-refractivity contribution is 7.14. The quantitative estimate of drug-likeness (QED) is 0.889. The molecule has 1 heterocycles. The fourth-order valence-electron chi connectivity index (χ4n) is 1.87. The van der Waals surface area contributed by atoms with Crippen molar-refractivity contribution < 1.29 is 9.59 Å². The van der Waals surface area contributed by atoms with Crippen LogP contribution in [0.1, 0.15) is 28.9 Å². The molecular weight excluding hydrogens is 286 g/mol. The number of carbonyl (C=O) groups is 2. The van der Waals surface area contributed by atoms with Crippen molar-refractivity contribution in [2.45, 2.75) is 25.3 Å². The maximum Gasteiger partial charge on any atom is 0.271 e. The van der Waals surface area contributed by atoms with Crippen LogP contribution >= 0.6 is 11.3 Å². The van der Waals surface area contributed by atoms with Gasteiger partial charge >= 0.3 is 0 Å². The average molecular weight is 301 g/mol. The number of thiazole rings is 1. The van der Waals surface area contributed by atoms with E-state index in [4.69, 9.17) is 0 Å². The Morgan fingerprint density at radius 3 is 2.71 bits per heavy atom. The molecule has 0 atom stereocenters. The average Bonchev–Trinajstić information content (AvgIpc) is 3.16. The Hall–Kier alpha value is -2.21. The maximum atomic E-state index is 11.9. The summed E-state index contributed by atoms with van der Waals surface area (Å²) >= 11 is 1.26. The van der Waals surface area contributed by atoms with E-state index in [0.29, 0.717) is 23.3 Å². The molecule has 3 rings (SSSR count). The lowest BCUT2D eigenvalue weighted by Crippen LogP contribution is -2.25. The number of amides is 2. The van der Waals surface area contributed by atoms with Gasteiger partial charge in [0.1, 0.15) is 5.69 Å². The van der Waals surface area contributed by atoms with Gasteiger partial charge in [-0.25, -0.2) is 4.98 Å². The molecule has 0 aliphatic heterocycles. The van der Waals surface area contributed by atoms with Gasteiger partial charge in [0, 0.05) is 11.4 Å². The standard InChI is InChI=1S/C15H15N3O2S/c19-13(8-10-4-2-1-3-5-10)18-15-17-12(9-21-15)14(20)16-11-6-7-11/h1-5,9,11H,6-8H2,(H,16,20)(H,17,18,19). The summed E-state index contributed by atoms with van der Waals surface area (Å²) in [6.45, 7) is 0. The van der Waals surface area contributed by atoms with Crippen molar-refractivity contribution in [1.29, 1.82) is 0 Å². The molecule has 6 heteroatoms. The van der Waals surface area contributed by atoms with Crippen LogP contribution in [0.3, 0.4) is 0 Å². The van der Waals surface area contributed by atoms with Crippen molar-refractivity contribution in [1.82, 2.24) is 10.3 Å². The number of benzene rings is 1. The van der Waals surface area contributed by atoms with Gasteiger partial charge in [0.05, 0.1) is 6.42 Å². The summed E-state index contributed by atoms with van der Waals surface area (Å²) in [6.07, 6.45) is 2.37. The fraction of sp³-hybridized carbons (Fsp3) is 0.267. The van der Waals surface area contributed by atoms with E-state index in [1.165, 1.54) is 11.3 Å². The van der Waals surface area contributed by atoms with Crippen molar-refractivity contribution in [3.05, 3.63) is 47.0 Å². The zero-order valence-corrected chi connectivity index (χ0v) is 12.2. The summed E-state index contributed by atoms with van der Waals surface area (Å²) in [5.41, 5.74) is 1.31. The van der Waals surface area contributed by atoms with Gasteiger partial charge in [-0.2, -0.15) is 0 Å². The topological polar surface area (TPSA) is 71.1 Å². The third-order valence-electron chi connectivity index (χ3n) is 3.10. The van der Waals surface area contributed by atoms with Crippen LogP contribution in [-0.4, -0.2) is 22.8 Å². The lowest BCUT2D eigenvalue weighted by Gasteiger charge is -2.02. The highest BCUT2D eigenvalue weighted by Gasteiger charge is 2.24. The summed E-state index contributed by atoms with van der Waals surface area (Å²) in [4.78, 5) is 27.9. The first kappa shape index (κ1) is 13.8. The molecule has 0 bridgehead atoms. The van der Waals surface area contributed by atoms with E-state index >= 15 is 0 Å². The maximum absolute atomic E-state index is 11.9. The first-order valence-electron chi connectivity index (χ1n) is 6.81. The van der Waals surface area contributed by atoms with Crippen LogP contribution in [-0.2, 0) is 11.2 Å². The highest BCUT2D eigenvalue weighted by Crippen LogP contribution is 2.21. The fourth-order valence-corrected chi connectivity index (χ4v) is 2.57. The zero-order valence-electron chi connectivity index (χ0n) is 11.3. The Labute approximate surface area is 126 Å². The summed E-state index contributed by atoms with van der Waals surface area (Å²) in [5, 5.41) is 7.71. The van der Waals surface area contributed by atoms with Crippen LogP contribution < -0.4 is 10.6 Å². The molecule has 1 aliphatic carbocycles. The van der Waals surface area contributed by atoms with Gasteiger partial charge in [0.2, 0.25) is 5.91 Å². The molecule has 108 valence electrons. The van der Waals surface area contributed by atoms with Crippen molar-refractivity contribution >= 4 is 28.3 Å². The molecule has 0 unspecified atom stereocenters. The van der Waals surface area contributed by atoms with Crippen molar-refractivity contribution in [2.75, 3.05) is 5.32 Å². The molecule has 1 aromatic carbocycles. The number of hydrogen-bond acceptors (Lipinski definition) is 4. The smallest absolute Gasteiger partial charge is 0.271 e. The minimum atomic E-state index is -0.169. The third kappa shape index (κ3) is 3.88. The van der Waals surface area contributed by atoms with Gasteiger partial charge < -0.3 is 10.6 Å².